The summed E-state index contributed by atoms with van der Waals surface area (Å²) >= 11 is 0. The molecule has 2 heterocycles. The molecule has 2 N–H and O–H groups in total. The van der Waals surface area contributed by atoms with E-state index in [0.717, 1.165) is 44.6 Å². The number of hydrogen-bond acceptors (Lipinski definition) is 4. The summed E-state index contributed by atoms with van der Waals surface area (Å²) in [5.41, 5.74) is 0.512. The lowest BCUT2D eigenvalue weighted by molar-refractivity contribution is -0.384. The molecular weight excluding hydrogens is 449 g/mol. The van der Waals surface area contributed by atoms with Crippen LogP contribution >= 0.6 is 0 Å². The van der Waals surface area contributed by atoms with Gasteiger partial charge in [-0.3, -0.25) is 14.9 Å². The van der Waals surface area contributed by atoms with Gasteiger partial charge < -0.3 is 15.2 Å². The van der Waals surface area contributed by atoms with Gasteiger partial charge in [0.15, 0.2) is 0 Å². The van der Waals surface area contributed by atoms with Crippen LogP contribution in [0.4, 0.5) is 18.9 Å². The van der Waals surface area contributed by atoms with E-state index in [1.807, 2.05) is 0 Å². The molecule has 2 aromatic carbocycles. The maximum atomic E-state index is 13.4. The smallest absolute Gasteiger partial charge is 0.361 e. The number of aromatic nitrogens is 1. The molecule has 4 rings (SSSR count). The Balaban J connectivity index is 1.64. The molecule has 1 atom stereocenters. The first-order chi connectivity index (χ1) is 16.2. The predicted octanol–water partition coefficient (Wildman–Crippen LogP) is 4.83. The molecule has 0 radical (unpaired) electrons. The second-order valence-corrected chi connectivity index (χ2v) is 8.51. The Kier molecular flexibility index (Phi) is 6.87. The van der Waals surface area contributed by atoms with Gasteiger partial charge in [0.25, 0.3) is 5.69 Å². The van der Waals surface area contributed by atoms with Crippen LogP contribution in [0.5, 0.6) is 0 Å². The first kappa shape index (κ1) is 23.7. The number of amides is 1. The number of nitrogens with zero attached hydrogens (tertiary/aromatic N) is 2. The summed E-state index contributed by atoms with van der Waals surface area (Å²) in [6.07, 6.45) is -0.734. The van der Waals surface area contributed by atoms with E-state index >= 15 is 0 Å². The Bertz CT molecular complexity index is 1190. The molecule has 1 aromatic heterocycles. The number of likely N-dealkylation sites (tertiary alicyclic amines) is 1. The molecule has 180 valence electrons. The average molecular weight is 474 g/mol. The van der Waals surface area contributed by atoms with E-state index in [9.17, 15) is 28.1 Å². The third-order valence-corrected chi connectivity index (χ3v) is 6.24. The zero-order valence-corrected chi connectivity index (χ0v) is 18.4. The van der Waals surface area contributed by atoms with Gasteiger partial charge in [0, 0.05) is 54.7 Å². The molecule has 1 aliphatic rings. The van der Waals surface area contributed by atoms with Gasteiger partial charge in [-0.05, 0) is 49.2 Å². The second kappa shape index (κ2) is 9.84. The SMILES string of the molecule is O=C(C[C@H](c1cccc(C(F)(F)F)c1)c1c[nH]c2ccc([N+](=O)[O-])cc12)NCCN1CCCC1. The number of rotatable bonds is 8. The summed E-state index contributed by atoms with van der Waals surface area (Å²) in [6.45, 7) is 3.17. The van der Waals surface area contributed by atoms with Gasteiger partial charge in [-0.15, -0.1) is 0 Å². The molecular formula is C24H25F3N4O3. The van der Waals surface area contributed by atoms with E-state index in [2.05, 4.69) is 15.2 Å². The van der Waals surface area contributed by atoms with Crippen LogP contribution in [0, 0.1) is 10.1 Å². The van der Waals surface area contributed by atoms with Crippen molar-refractivity contribution in [2.45, 2.75) is 31.4 Å². The summed E-state index contributed by atoms with van der Waals surface area (Å²) in [4.78, 5) is 28.8. The number of H-pyrrole nitrogens is 1. The molecule has 1 saturated heterocycles. The zero-order chi connectivity index (χ0) is 24.3. The zero-order valence-electron chi connectivity index (χ0n) is 18.4. The second-order valence-electron chi connectivity index (χ2n) is 8.51. The van der Waals surface area contributed by atoms with Crippen molar-refractivity contribution in [3.8, 4) is 0 Å². The Labute approximate surface area is 194 Å². The maximum absolute atomic E-state index is 13.4. The number of benzene rings is 2. The number of carbonyl (C=O) groups excluding carboxylic acids is 1. The third-order valence-electron chi connectivity index (χ3n) is 6.24. The van der Waals surface area contributed by atoms with Gasteiger partial charge in [-0.25, -0.2) is 0 Å². The maximum Gasteiger partial charge on any atom is 0.416 e. The van der Waals surface area contributed by atoms with Gasteiger partial charge >= 0.3 is 6.18 Å². The van der Waals surface area contributed by atoms with Crippen molar-refractivity contribution in [1.82, 2.24) is 15.2 Å². The van der Waals surface area contributed by atoms with E-state index in [1.54, 1.807) is 18.3 Å². The van der Waals surface area contributed by atoms with Crippen LogP contribution in [0.3, 0.4) is 0 Å². The fourth-order valence-corrected chi connectivity index (χ4v) is 4.49. The number of nitro benzene ring substituents is 1. The number of non-ortho nitro benzene ring substituents is 1. The Morgan fingerprint density at radius 3 is 2.65 bits per heavy atom. The van der Waals surface area contributed by atoms with Crippen molar-refractivity contribution in [3.05, 3.63) is 75.5 Å². The van der Waals surface area contributed by atoms with Gasteiger partial charge in [-0.1, -0.05) is 18.2 Å². The highest BCUT2D eigenvalue weighted by Crippen LogP contribution is 2.37. The van der Waals surface area contributed by atoms with E-state index in [4.69, 9.17) is 0 Å². The normalized spacial score (nSPS) is 15.5. The van der Waals surface area contributed by atoms with Crippen molar-refractivity contribution in [3.63, 3.8) is 0 Å². The molecule has 10 heteroatoms. The summed E-state index contributed by atoms with van der Waals surface area (Å²) in [5, 5.41) is 14.7. The van der Waals surface area contributed by atoms with Crippen LogP contribution in [0.25, 0.3) is 10.9 Å². The van der Waals surface area contributed by atoms with E-state index in [1.165, 1.54) is 18.2 Å². The minimum absolute atomic E-state index is 0.0864. The third kappa shape index (κ3) is 5.39. The van der Waals surface area contributed by atoms with Crippen LogP contribution < -0.4 is 5.32 Å². The van der Waals surface area contributed by atoms with Gasteiger partial charge in [0.05, 0.1) is 10.5 Å². The van der Waals surface area contributed by atoms with Crippen LogP contribution in [-0.4, -0.2) is 46.9 Å². The van der Waals surface area contributed by atoms with Crippen molar-refractivity contribution in [2.24, 2.45) is 0 Å². The lowest BCUT2D eigenvalue weighted by Crippen LogP contribution is -2.34. The first-order valence-corrected chi connectivity index (χ1v) is 11.1. The number of halogens is 3. The lowest BCUT2D eigenvalue weighted by atomic mass is 9.87. The fourth-order valence-electron chi connectivity index (χ4n) is 4.49. The molecule has 0 aliphatic carbocycles. The molecule has 34 heavy (non-hydrogen) atoms. The Morgan fingerprint density at radius 1 is 1.18 bits per heavy atom. The number of fused-ring (bicyclic) bond motifs is 1. The minimum atomic E-state index is -4.53. The highest BCUT2D eigenvalue weighted by Gasteiger charge is 2.32. The molecule has 0 unspecified atom stereocenters. The summed E-state index contributed by atoms with van der Waals surface area (Å²) in [5.74, 6) is -1.01. The van der Waals surface area contributed by atoms with Gasteiger partial charge in [0.1, 0.15) is 0 Å². The molecule has 1 fully saturated rings. The first-order valence-electron chi connectivity index (χ1n) is 11.1. The van der Waals surface area contributed by atoms with Crippen LogP contribution in [-0.2, 0) is 11.0 Å². The van der Waals surface area contributed by atoms with E-state index < -0.39 is 22.6 Å². The fraction of sp³-hybridized carbons (Fsp3) is 0.375. The quantitative estimate of drug-likeness (QED) is 0.361. The predicted molar refractivity (Wildman–Crippen MR) is 122 cm³/mol. The molecule has 7 nitrogen and oxygen atoms in total. The van der Waals surface area contributed by atoms with Crippen molar-refractivity contribution in [1.29, 1.82) is 0 Å². The highest BCUT2D eigenvalue weighted by atomic mass is 19.4. The number of hydrogen-bond donors (Lipinski definition) is 2. The molecule has 1 aliphatic heterocycles. The Hall–Kier alpha value is -3.40. The van der Waals surface area contributed by atoms with E-state index in [-0.39, 0.29) is 18.0 Å². The molecule has 0 bridgehead atoms. The van der Waals surface area contributed by atoms with Crippen LogP contribution in [0.2, 0.25) is 0 Å². The topological polar surface area (TPSA) is 91.3 Å². The average Bonchev–Trinajstić information content (AvgIpc) is 3.46. The number of nitro groups is 1. The number of nitrogens with one attached hydrogen (secondary N) is 2. The lowest BCUT2D eigenvalue weighted by Gasteiger charge is -2.20. The Morgan fingerprint density at radius 2 is 1.94 bits per heavy atom. The number of carbonyl (C=O) groups is 1. The monoisotopic (exact) mass is 474 g/mol. The van der Waals surface area contributed by atoms with Crippen LogP contribution in [0.15, 0.2) is 48.7 Å². The van der Waals surface area contributed by atoms with E-state index in [0.29, 0.717) is 28.6 Å². The standard InChI is InChI=1S/C24H25F3N4O3/c25-24(26,27)17-5-3-4-16(12-17)19(14-23(32)28-8-11-30-9-1-2-10-30)21-15-29-22-7-6-18(31(33)34)13-20(21)22/h3-7,12-13,15,19,29H,1-2,8-11,14H2,(H,28,32)/t19-/m1/s1. The van der Waals surface area contributed by atoms with Gasteiger partial charge in [-0.2, -0.15) is 13.2 Å². The van der Waals surface area contributed by atoms with Crippen molar-refractivity contribution < 1.29 is 22.9 Å². The minimum Gasteiger partial charge on any atom is -0.361 e. The van der Waals surface area contributed by atoms with Crippen LogP contribution in [0.1, 0.15) is 41.9 Å². The largest absolute Gasteiger partial charge is 0.416 e. The summed E-state index contributed by atoms with van der Waals surface area (Å²) in [7, 11) is 0. The summed E-state index contributed by atoms with van der Waals surface area (Å²) in [6, 6.07) is 9.17. The number of aromatic amines is 1. The van der Waals surface area contributed by atoms with Gasteiger partial charge in [0.2, 0.25) is 5.91 Å². The van der Waals surface area contributed by atoms with Crippen molar-refractivity contribution >= 4 is 22.5 Å². The highest BCUT2D eigenvalue weighted by molar-refractivity contribution is 5.87. The molecule has 3 aromatic rings. The van der Waals surface area contributed by atoms with Crippen molar-refractivity contribution in [2.75, 3.05) is 26.2 Å². The number of alkyl halides is 3. The molecule has 0 saturated carbocycles. The molecule has 1 amide bonds. The summed E-state index contributed by atoms with van der Waals surface area (Å²) < 4.78 is 40.1. The molecule has 0 spiro atoms.